The van der Waals surface area contributed by atoms with Crippen molar-refractivity contribution >= 4 is 16.8 Å². The summed E-state index contributed by atoms with van der Waals surface area (Å²) >= 11 is 0. The van der Waals surface area contributed by atoms with Gasteiger partial charge in [-0.05, 0) is 49.5 Å². The fourth-order valence-electron chi connectivity index (χ4n) is 2.87. The van der Waals surface area contributed by atoms with Gasteiger partial charge in [-0.15, -0.1) is 0 Å². The van der Waals surface area contributed by atoms with E-state index in [1.165, 1.54) is 5.56 Å². The zero-order valence-corrected chi connectivity index (χ0v) is 10.2. The molecule has 1 amide bonds. The normalized spacial score (nSPS) is 17.1. The van der Waals surface area contributed by atoms with E-state index < -0.39 is 0 Å². The van der Waals surface area contributed by atoms with E-state index in [4.69, 9.17) is 5.73 Å². The van der Waals surface area contributed by atoms with Gasteiger partial charge in [0.1, 0.15) is 0 Å². The Balaban J connectivity index is 2.14. The van der Waals surface area contributed by atoms with Crippen LogP contribution < -0.4 is 11.1 Å². The van der Waals surface area contributed by atoms with Gasteiger partial charge in [0, 0.05) is 22.7 Å². The van der Waals surface area contributed by atoms with Crippen LogP contribution in [0.2, 0.25) is 0 Å². The molecule has 2 heterocycles. The van der Waals surface area contributed by atoms with Crippen molar-refractivity contribution < 1.29 is 4.79 Å². The molecule has 2 aromatic rings. The topological polar surface area (TPSA) is 70.9 Å². The van der Waals surface area contributed by atoms with Gasteiger partial charge >= 0.3 is 0 Å². The molecule has 1 aromatic heterocycles. The zero-order valence-electron chi connectivity index (χ0n) is 10.2. The smallest absolute Gasteiger partial charge is 0.249 e. The second-order valence-corrected chi connectivity index (χ2v) is 4.86. The van der Waals surface area contributed by atoms with E-state index in [1.807, 2.05) is 24.4 Å². The van der Waals surface area contributed by atoms with Gasteiger partial charge in [-0.3, -0.25) is 4.79 Å². The Morgan fingerprint density at radius 1 is 1.28 bits per heavy atom. The van der Waals surface area contributed by atoms with Crippen LogP contribution >= 0.6 is 0 Å². The van der Waals surface area contributed by atoms with E-state index in [2.05, 4.69) is 10.3 Å². The van der Waals surface area contributed by atoms with Gasteiger partial charge in [-0.1, -0.05) is 6.07 Å². The number of fused-ring (bicyclic) bond motifs is 1. The van der Waals surface area contributed by atoms with E-state index in [-0.39, 0.29) is 5.91 Å². The molecule has 1 aliphatic rings. The molecule has 1 saturated heterocycles. The lowest BCUT2D eigenvalue weighted by atomic mass is 9.88. The summed E-state index contributed by atoms with van der Waals surface area (Å²) < 4.78 is 0. The average molecular weight is 243 g/mol. The number of hydrogen-bond acceptors (Lipinski definition) is 2. The average Bonchev–Trinajstić information content (AvgIpc) is 2.83. The number of aromatic nitrogens is 1. The molecule has 0 unspecified atom stereocenters. The van der Waals surface area contributed by atoms with Crippen LogP contribution in [0.5, 0.6) is 0 Å². The van der Waals surface area contributed by atoms with Gasteiger partial charge in [0.25, 0.3) is 0 Å². The number of aromatic amines is 1. The van der Waals surface area contributed by atoms with Crippen molar-refractivity contribution in [3.8, 4) is 0 Å². The lowest BCUT2D eigenvalue weighted by molar-refractivity contribution is 0.100. The summed E-state index contributed by atoms with van der Waals surface area (Å²) in [6.07, 6.45) is 4.26. The van der Waals surface area contributed by atoms with Crippen molar-refractivity contribution in [1.82, 2.24) is 10.3 Å². The number of amides is 1. The van der Waals surface area contributed by atoms with Gasteiger partial charge in [0.15, 0.2) is 0 Å². The van der Waals surface area contributed by atoms with E-state index in [9.17, 15) is 4.79 Å². The predicted molar refractivity (Wildman–Crippen MR) is 71.7 cm³/mol. The number of carbonyl (C=O) groups is 1. The van der Waals surface area contributed by atoms with Gasteiger partial charge < -0.3 is 16.0 Å². The summed E-state index contributed by atoms with van der Waals surface area (Å²) in [5.41, 5.74) is 8.34. The molecule has 0 radical (unpaired) electrons. The van der Waals surface area contributed by atoms with Gasteiger partial charge in [-0.25, -0.2) is 0 Å². The van der Waals surface area contributed by atoms with Crippen LogP contribution in [0, 0.1) is 0 Å². The molecule has 94 valence electrons. The molecule has 1 aromatic carbocycles. The number of primary amides is 1. The maximum Gasteiger partial charge on any atom is 0.249 e. The molecular formula is C14H17N3O. The van der Waals surface area contributed by atoms with E-state index in [0.29, 0.717) is 11.5 Å². The zero-order chi connectivity index (χ0) is 12.5. The number of rotatable bonds is 2. The Kier molecular flexibility index (Phi) is 2.80. The second kappa shape index (κ2) is 4.46. The maximum atomic E-state index is 11.5. The molecule has 0 bridgehead atoms. The summed E-state index contributed by atoms with van der Waals surface area (Å²) in [6, 6.07) is 5.67. The van der Waals surface area contributed by atoms with Crippen molar-refractivity contribution in [2.45, 2.75) is 18.8 Å². The lowest BCUT2D eigenvalue weighted by Crippen LogP contribution is -2.26. The summed E-state index contributed by atoms with van der Waals surface area (Å²) in [4.78, 5) is 14.8. The third-order valence-corrected chi connectivity index (χ3v) is 3.78. The minimum absolute atomic E-state index is 0.351. The van der Waals surface area contributed by atoms with Crippen molar-refractivity contribution in [3.05, 3.63) is 35.5 Å². The van der Waals surface area contributed by atoms with Gasteiger partial charge in [-0.2, -0.15) is 0 Å². The van der Waals surface area contributed by atoms with Crippen molar-refractivity contribution in [2.24, 2.45) is 5.73 Å². The highest BCUT2D eigenvalue weighted by atomic mass is 16.1. The molecule has 1 aliphatic heterocycles. The van der Waals surface area contributed by atoms with Crippen molar-refractivity contribution in [2.75, 3.05) is 13.1 Å². The van der Waals surface area contributed by atoms with Crippen molar-refractivity contribution in [3.63, 3.8) is 0 Å². The first-order chi connectivity index (χ1) is 8.77. The molecule has 4 heteroatoms. The monoisotopic (exact) mass is 243 g/mol. The van der Waals surface area contributed by atoms with Crippen molar-refractivity contribution in [1.29, 1.82) is 0 Å². The van der Waals surface area contributed by atoms with Crippen LogP contribution in [-0.2, 0) is 0 Å². The third kappa shape index (κ3) is 1.78. The number of H-pyrrole nitrogens is 1. The Bertz CT molecular complexity index is 582. The number of hydrogen-bond donors (Lipinski definition) is 3. The fraction of sp³-hybridized carbons (Fsp3) is 0.357. The van der Waals surface area contributed by atoms with Gasteiger partial charge in [0.2, 0.25) is 5.91 Å². The predicted octanol–water partition coefficient (Wildman–Crippen LogP) is 1.73. The molecule has 18 heavy (non-hydrogen) atoms. The Morgan fingerprint density at radius 3 is 2.78 bits per heavy atom. The quantitative estimate of drug-likeness (QED) is 0.751. The van der Waals surface area contributed by atoms with Crippen LogP contribution in [0.3, 0.4) is 0 Å². The van der Waals surface area contributed by atoms with Crippen LogP contribution in [0.15, 0.2) is 24.4 Å². The molecular weight excluding hydrogens is 226 g/mol. The minimum Gasteiger partial charge on any atom is -0.366 e. The first kappa shape index (κ1) is 11.3. The third-order valence-electron chi connectivity index (χ3n) is 3.78. The highest BCUT2D eigenvalue weighted by Crippen LogP contribution is 2.33. The minimum atomic E-state index is -0.351. The molecule has 0 spiro atoms. The Hall–Kier alpha value is -1.81. The lowest BCUT2D eigenvalue weighted by Gasteiger charge is -2.22. The maximum absolute atomic E-state index is 11.5. The SMILES string of the molecule is NC(=O)c1cccc2[nH]cc(C3CCNCC3)c12. The number of nitrogens with one attached hydrogen (secondary N) is 2. The highest BCUT2D eigenvalue weighted by Gasteiger charge is 2.21. The number of benzene rings is 1. The summed E-state index contributed by atoms with van der Waals surface area (Å²) in [7, 11) is 0. The Morgan fingerprint density at radius 2 is 2.06 bits per heavy atom. The second-order valence-electron chi connectivity index (χ2n) is 4.86. The van der Waals surface area contributed by atoms with Gasteiger partial charge in [0.05, 0.1) is 0 Å². The standard InChI is InChI=1S/C14H17N3O/c15-14(18)10-2-1-3-12-13(10)11(8-17-12)9-4-6-16-7-5-9/h1-3,8-9,16-17H,4-7H2,(H2,15,18). The molecule has 3 rings (SSSR count). The molecule has 4 nitrogen and oxygen atoms in total. The Labute approximate surface area is 106 Å². The highest BCUT2D eigenvalue weighted by molar-refractivity contribution is 6.07. The van der Waals surface area contributed by atoms with Crippen LogP contribution in [0.4, 0.5) is 0 Å². The van der Waals surface area contributed by atoms with Crippen LogP contribution in [0.25, 0.3) is 10.9 Å². The number of nitrogens with two attached hydrogens (primary N) is 1. The van der Waals surface area contributed by atoms with Crippen LogP contribution in [-0.4, -0.2) is 24.0 Å². The van der Waals surface area contributed by atoms with E-state index in [0.717, 1.165) is 36.8 Å². The van der Waals surface area contributed by atoms with E-state index in [1.54, 1.807) is 0 Å². The first-order valence-corrected chi connectivity index (χ1v) is 6.38. The summed E-state index contributed by atoms with van der Waals surface area (Å²) in [5, 5.41) is 4.37. The molecule has 0 saturated carbocycles. The van der Waals surface area contributed by atoms with E-state index >= 15 is 0 Å². The largest absolute Gasteiger partial charge is 0.366 e. The molecule has 4 N–H and O–H groups in total. The van der Waals surface area contributed by atoms with Crippen LogP contribution in [0.1, 0.15) is 34.7 Å². The number of piperidine rings is 1. The molecule has 0 atom stereocenters. The fourth-order valence-corrected chi connectivity index (χ4v) is 2.87. The first-order valence-electron chi connectivity index (χ1n) is 6.38. The number of carbonyl (C=O) groups excluding carboxylic acids is 1. The summed E-state index contributed by atoms with van der Waals surface area (Å²) in [5.74, 6) is 0.163. The molecule has 0 aliphatic carbocycles. The molecule has 1 fully saturated rings. The summed E-state index contributed by atoms with van der Waals surface area (Å²) in [6.45, 7) is 2.08.